The van der Waals surface area contributed by atoms with Gasteiger partial charge >= 0.3 is 0 Å². The van der Waals surface area contributed by atoms with Crippen LogP contribution in [0.5, 0.6) is 0 Å². The van der Waals surface area contributed by atoms with Gasteiger partial charge in [0, 0.05) is 38.8 Å². The van der Waals surface area contributed by atoms with Gasteiger partial charge < -0.3 is 15.1 Å². The highest BCUT2D eigenvalue weighted by atomic mass is 35.5. The SMILES string of the molecule is CN(CCC(=O)NC=O)c1cc(N(C)C2CCC3(CCNCC3)CC2)ccc1Cl. The van der Waals surface area contributed by atoms with Crippen LogP contribution in [-0.2, 0) is 9.59 Å². The van der Waals surface area contributed by atoms with Crippen LogP contribution in [0.2, 0.25) is 5.02 Å². The summed E-state index contributed by atoms with van der Waals surface area (Å²) in [6, 6.07) is 6.66. The highest BCUT2D eigenvalue weighted by molar-refractivity contribution is 6.33. The minimum absolute atomic E-state index is 0.241. The van der Waals surface area contributed by atoms with E-state index in [1.165, 1.54) is 38.5 Å². The molecular weight excluding hydrogens is 388 g/mol. The van der Waals surface area contributed by atoms with E-state index in [2.05, 4.69) is 34.7 Å². The maximum absolute atomic E-state index is 11.6. The predicted molar refractivity (Wildman–Crippen MR) is 119 cm³/mol. The molecule has 0 atom stereocenters. The predicted octanol–water partition coefficient (Wildman–Crippen LogP) is 3.19. The molecule has 29 heavy (non-hydrogen) atoms. The Hall–Kier alpha value is -1.79. The second-order valence-electron chi connectivity index (χ2n) is 8.58. The van der Waals surface area contributed by atoms with E-state index >= 15 is 0 Å². The summed E-state index contributed by atoms with van der Waals surface area (Å²) < 4.78 is 0. The lowest BCUT2D eigenvalue weighted by molar-refractivity contribution is -0.125. The van der Waals surface area contributed by atoms with Gasteiger partial charge in [0.15, 0.2) is 0 Å². The van der Waals surface area contributed by atoms with Crippen LogP contribution in [0.4, 0.5) is 11.4 Å². The number of halogens is 1. The van der Waals surface area contributed by atoms with E-state index in [0.29, 0.717) is 29.4 Å². The van der Waals surface area contributed by atoms with Gasteiger partial charge in [-0.25, -0.2) is 0 Å². The summed E-state index contributed by atoms with van der Waals surface area (Å²) in [4.78, 5) is 26.3. The lowest BCUT2D eigenvalue weighted by Gasteiger charge is -2.45. The number of imide groups is 1. The molecule has 2 N–H and O–H groups in total. The van der Waals surface area contributed by atoms with Crippen LogP contribution < -0.4 is 20.4 Å². The Bertz CT molecular complexity index is 711. The molecule has 3 rings (SSSR count). The standard InChI is InChI=1S/C22H33ClN4O2/c1-26(14-7-21(29)25-16-28)20-15-18(3-4-19(20)23)27(2)17-5-8-22(9-6-17)10-12-24-13-11-22/h3-4,15-17,24H,5-14H2,1-2H3,(H,25,28,29). The molecule has 7 heteroatoms. The molecule has 1 aliphatic heterocycles. The van der Waals surface area contributed by atoms with Gasteiger partial charge in [-0.2, -0.15) is 0 Å². The van der Waals surface area contributed by atoms with Crippen LogP contribution in [0.15, 0.2) is 18.2 Å². The molecule has 1 aromatic carbocycles. The molecule has 1 heterocycles. The summed E-state index contributed by atoms with van der Waals surface area (Å²) in [6.45, 7) is 2.82. The number of nitrogens with zero attached hydrogens (tertiary/aromatic N) is 2. The quantitative estimate of drug-likeness (QED) is 0.663. The first kappa shape index (κ1) is 21.9. The zero-order valence-electron chi connectivity index (χ0n) is 17.5. The van der Waals surface area contributed by atoms with Crippen LogP contribution in [0, 0.1) is 5.41 Å². The molecule has 0 unspecified atom stereocenters. The van der Waals surface area contributed by atoms with Crippen molar-refractivity contribution in [2.24, 2.45) is 5.41 Å². The van der Waals surface area contributed by atoms with Crippen LogP contribution in [-0.4, -0.2) is 52.1 Å². The third kappa shape index (κ3) is 5.43. The summed E-state index contributed by atoms with van der Waals surface area (Å²) in [5, 5.41) is 6.33. The Labute approximate surface area is 179 Å². The van der Waals surface area contributed by atoms with E-state index in [0.717, 1.165) is 24.5 Å². The van der Waals surface area contributed by atoms with Gasteiger partial charge in [-0.3, -0.25) is 14.9 Å². The Morgan fingerprint density at radius 1 is 1.24 bits per heavy atom. The molecule has 1 aliphatic carbocycles. The monoisotopic (exact) mass is 420 g/mol. The van der Waals surface area contributed by atoms with Crippen molar-refractivity contribution in [1.82, 2.24) is 10.6 Å². The molecular formula is C22H33ClN4O2. The second kappa shape index (κ2) is 9.81. The summed E-state index contributed by atoms with van der Waals surface area (Å²) in [5.41, 5.74) is 2.62. The maximum Gasteiger partial charge on any atom is 0.228 e. The van der Waals surface area contributed by atoms with Crippen molar-refractivity contribution in [2.45, 2.75) is 51.0 Å². The van der Waals surface area contributed by atoms with Crippen molar-refractivity contribution in [2.75, 3.05) is 43.5 Å². The molecule has 0 aromatic heterocycles. The number of piperidine rings is 1. The molecule has 1 spiro atoms. The van der Waals surface area contributed by atoms with Gasteiger partial charge in [0.2, 0.25) is 12.3 Å². The minimum atomic E-state index is -0.287. The normalized spacial score (nSPS) is 19.0. The maximum atomic E-state index is 11.6. The fraction of sp³-hybridized carbons (Fsp3) is 0.636. The molecule has 0 bridgehead atoms. The lowest BCUT2D eigenvalue weighted by atomic mass is 9.67. The van der Waals surface area contributed by atoms with Gasteiger partial charge in [0.25, 0.3) is 0 Å². The summed E-state index contributed by atoms with van der Waals surface area (Å²) in [7, 11) is 4.09. The number of hydrogen-bond acceptors (Lipinski definition) is 5. The van der Waals surface area contributed by atoms with Crippen LogP contribution in [0.3, 0.4) is 0 Å². The van der Waals surface area contributed by atoms with E-state index < -0.39 is 0 Å². The third-order valence-corrected chi connectivity index (χ3v) is 7.19. The number of nitrogens with one attached hydrogen (secondary N) is 2. The fourth-order valence-electron chi connectivity index (χ4n) is 4.81. The first-order chi connectivity index (χ1) is 13.9. The van der Waals surface area contributed by atoms with Crippen molar-refractivity contribution in [1.29, 1.82) is 0 Å². The highest BCUT2D eigenvalue weighted by Gasteiger charge is 2.37. The van der Waals surface area contributed by atoms with E-state index in [1.807, 2.05) is 18.0 Å². The highest BCUT2D eigenvalue weighted by Crippen LogP contribution is 2.45. The van der Waals surface area contributed by atoms with Crippen molar-refractivity contribution in [3.05, 3.63) is 23.2 Å². The van der Waals surface area contributed by atoms with Crippen molar-refractivity contribution in [3.8, 4) is 0 Å². The van der Waals surface area contributed by atoms with Gasteiger partial charge in [0.05, 0.1) is 10.7 Å². The average Bonchev–Trinajstić information content (AvgIpc) is 2.73. The smallest absolute Gasteiger partial charge is 0.228 e. The molecule has 1 saturated heterocycles. The third-order valence-electron chi connectivity index (χ3n) is 6.87. The first-order valence-electron chi connectivity index (χ1n) is 10.6. The Kier molecular flexibility index (Phi) is 7.41. The van der Waals surface area contributed by atoms with Crippen molar-refractivity contribution >= 4 is 35.3 Å². The fourth-order valence-corrected chi connectivity index (χ4v) is 5.07. The zero-order chi connectivity index (χ0) is 20.9. The van der Waals surface area contributed by atoms with Gasteiger partial charge in [0.1, 0.15) is 0 Å². The van der Waals surface area contributed by atoms with E-state index in [-0.39, 0.29) is 12.3 Å². The van der Waals surface area contributed by atoms with Crippen LogP contribution in [0.1, 0.15) is 44.9 Å². The van der Waals surface area contributed by atoms with Gasteiger partial charge in [-0.15, -0.1) is 0 Å². The number of rotatable bonds is 7. The molecule has 2 aliphatic rings. The topological polar surface area (TPSA) is 64.7 Å². The van der Waals surface area contributed by atoms with E-state index in [1.54, 1.807) is 0 Å². The molecule has 2 fully saturated rings. The number of anilines is 2. The van der Waals surface area contributed by atoms with Crippen LogP contribution in [0.25, 0.3) is 0 Å². The molecule has 0 radical (unpaired) electrons. The molecule has 160 valence electrons. The number of carbonyl (C=O) groups is 2. The van der Waals surface area contributed by atoms with E-state index in [4.69, 9.17) is 11.6 Å². The number of benzene rings is 1. The molecule has 2 amide bonds. The molecule has 6 nitrogen and oxygen atoms in total. The van der Waals surface area contributed by atoms with E-state index in [9.17, 15) is 9.59 Å². The number of amides is 2. The Balaban J connectivity index is 1.62. The van der Waals surface area contributed by atoms with Crippen molar-refractivity contribution in [3.63, 3.8) is 0 Å². The van der Waals surface area contributed by atoms with Gasteiger partial charge in [-0.1, -0.05) is 11.6 Å². The molecule has 1 saturated carbocycles. The number of hydrogen-bond donors (Lipinski definition) is 2. The average molecular weight is 421 g/mol. The summed E-state index contributed by atoms with van der Waals surface area (Å²) in [5.74, 6) is -0.287. The minimum Gasteiger partial charge on any atom is -0.373 e. The Morgan fingerprint density at radius 3 is 2.59 bits per heavy atom. The lowest BCUT2D eigenvalue weighted by Crippen LogP contribution is -2.43. The zero-order valence-corrected chi connectivity index (χ0v) is 18.3. The first-order valence-corrected chi connectivity index (χ1v) is 11.0. The Morgan fingerprint density at radius 2 is 1.93 bits per heavy atom. The van der Waals surface area contributed by atoms with Gasteiger partial charge in [-0.05, 0) is 75.2 Å². The number of carbonyl (C=O) groups excluding carboxylic acids is 2. The van der Waals surface area contributed by atoms with Crippen LogP contribution >= 0.6 is 11.6 Å². The second-order valence-corrected chi connectivity index (χ2v) is 8.99. The summed E-state index contributed by atoms with van der Waals surface area (Å²) >= 11 is 6.43. The largest absolute Gasteiger partial charge is 0.373 e. The molecule has 1 aromatic rings. The van der Waals surface area contributed by atoms with Crippen molar-refractivity contribution < 1.29 is 9.59 Å². The summed E-state index contributed by atoms with van der Waals surface area (Å²) in [6.07, 6.45) is 8.39.